The van der Waals surface area contributed by atoms with E-state index in [1.165, 1.54) is 43.1 Å². The molecule has 0 saturated carbocycles. The molecule has 1 aliphatic rings. The van der Waals surface area contributed by atoms with Crippen molar-refractivity contribution in [3.63, 3.8) is 0 Å². The minimum Gasteiger partial charge on any atom is -0.348 e. The van der Waals surface area contributed by atoms with Gasteiger partial charge in [-0.25, -0.2) is 4.98 Å². The Bertz CT molecular complexity index is 386. The van der Waals surface area contributed by atoms with Crippen molar-refractivity contribution >= 4 is 16.5 Å². The topological polar surface area (TPSA) is 28.2 Å². The molecule has 1 aliphatic heterocycles. The van der Waals surface area contributed by atoms with E-state index < -0.39 is 0 Å². The molecular weight excluding hydrogens is 254 g/mol. The lowest BCUT2D eigenvalue weighted by molar-refractivity contribution is 0.325. The zero-order valence-corrected chi connectivity index (χ0v) is 13.4. The van der Waals surface area contributed by atoms with Gasteiger partial charge in [-0.2, -0.15) is 0 Å². The van der Waals surface area contributed by atoms with Gasteiger partial charge in [0.25, 0.3) is 0 Å². The largest absolute Gasteiger partial charge is 0.348 e. The zero-order valence-electron chi connectivity index (χ0n) is 12.5. The molecule has 2 heterocycles. The number of thiazole rings is 1. The van der Waals surface area contributed by atoms with Crippen LogP contribution < -0.4 is 10.2 Å². The van der Waals surface area contributed by atoms with E-state index in [1.807, 2.05) is 0 Å². The van der Waals surface area contributed by atoms with Crippen molar-refractivity contribution in [1.82, 2.24) is 10.3 Å². The number of anilines is 1. The van der Waals surface area contributed by atoms with Crippen molar-refractivity contribution < 1.29 is 0 Å². The second-order valence-electron chi connectivity index (χ2n) is 6.30. The van der Waals surface area contributed by atoms with E-state index in [-0.39, 0.29) is 0 Å². The maximum Gasteiger partial charge on any atom is 0.185 e. The highest BCUT2D eigenvalue weighted by Crippen LogP contribution is 2.32. The summed E-state index contributed by atoms with van der Waals surface area (Å²) in [6.07, 6.45) is 5.07. The van der Waals surface area contributed by atoms with Crippen LogP contribution in [0.5, 0.6) is 0 Å². The van der Waals surface area contributed by atoms with Crippen LogP contribution >= 0.6 is 11.3 Å². The van der Waals surface area contributed by atoms with Crippen LogP contribution in [0.2, 0.25) is 0 Å². The first-order valence-corrected chi connectivity index (χ1v) is 8.39. The predicted molar refractivity (Wildman–Crippen MR) is 84.0 cm³/mol. The van der Waals surface area contributed by atoms with Gasteiger partial charge >= 0.3 is 0 Å². The van der Waals surface area contributed by atoms with Crippen molar-refractivity contribution in [1.29, 1.82) is 0 Å². The smallest absolute Gasteiger partial charge is 0.185 e. The zero-order chi connectivity index (χ0) is 13.7. The molecule has 0 amide bonds. The number of aromatic nitrogens is 1. The van der Waals surface area contributed by atoms with Crippen molar-refractivity contribution in [2.24, 2.45) is 5.41 Å². The minimum atomic E-state index is 0.498. The van der Waals surface area contributed by atoms with E-state index in [0.717, 1.165) is 19.6 Å². The highest BCUT2D eigenvalue weighted by molar-refractivity contribution is 7.13. The van der Waals surface area contributed by atoms with Gasteiger partial charge in [-0.1, -0.05) is 20.8 Å². The number of rotatable bonds is 5. The molecule has 1 aromatic rings. The third-order valence-electron chi connectivity index (χ3n) is 3.88. The molecule has 108 valence electrons. The number of hydrogen-bond donors (Lipinski definition) is 1. The first-order chi connectivity index (χ1) is 9.11. The van der Waals surface area contributed by atoms with Crippen LogP contribution in [0, 0.1) is 5.41 Å². The predicted octanol–water partition coefficient (Wildman–Crippen LogP) is 3.66. The molecule has 2 rings (SSSR count). The Morgan fingerprint density at radius 3 is 3.00 bits per heavy atom. The fourth-order valence-corrected chi connectivity index (χ4v) is 3.41. The third kappa shape index (κ3) is 4.46. The molecule has 1 saturated heterocycles. The van der Waals surface area contributed by atoms with Crippen LogP contribution in [0.25, 0.3) is 0 Å². The highest BCUT2D eigenvalue weighted by Gasteiger charge is 2.24. The molecular formula is C15H27N3S. The average Bonchev–Trinajstić information content (AvgIpc) is 2.75. The number of hydrogen-bond acceptors (Lipinski definition) is 4. The van der Waals surface area contributed by atoms with Gasteiger partial charge in [-0.05, 0) is 37.6 Å². The Hall–Kier alpha value is -0.610. The van der Waals surface area contributed by atoms with Crippen LogP contribution in [0.4, 0.5) is 5.13 Å². The lowest BCUT2D eigenvalue weighted by Gasteiger charge is -2.22. The lowest BCUT2D eigenvalue weighted by atomic mass is 9.85. The lowest BCUT2D eigenvalue weighted by Crippen LogP contribution is -2.25. The van der Waals surface area contributed by atoms with Crippen LogP contribution in [0.3, 0.4) is 0 Å². The molecule has 0 bridgehead atoms. The Balaban J connectivity index is 1.91. The van der Waals surface area contributed by atoms with Gasteiger partial charge in [0.2, 0.25) is 0 Å². The summed E-state index contributed by atoms with van der Waals surface area (Å²) in [5, 5.41) is 6.83. The van der Waals surface area contributed by atoms with Crippen molar-refractivity contribution in [3.05, 3.63) is 11.1 Å². The summed E-state index contributed by atoms with van der Waals surface area (Å²) in [6.45, 7) is 11.3. The molecule has 0 aromatic carbocycles. The molecule has 1 aromatic heterocycles. The van der Waals surface area contributed by atoms with Crippen molar-refractivity contribution in [2.75, 3.05) is 24.5 Å². The van der Waals surface area contributed by atoms with E-state index in [2.05, 4.69) is 36.4 Å². The molecule has 0 atom stereocenters. The van der Waals surface area contributed by atoms with Crippen LogP contribution in [-0.4, -0.2) is 24.6 Å². The maximum absolute atomic E-state index is 4.78. The molecule has 4 heteroatoms. The van der Waals surface area contributed by atoms with Gasteiger partial charge in [-0.3, -0.25) is 0 Å². The minimum absolute atomic E-state index is 0.498. The van der Waals surface area contributed by atoms with E-state index in [9.17, 15) is 0 Å². The normalized spacial score (nSPS) is 19.4. The number of nitrogens with zero attached hydrogens (tertiary/aromatic N) is 2. The van der Waals surface area contributed by atoms with Crippen LogP contribution in [-0.2, 0) is 6.54 Å². The summed E-state index contributed by atoms with van der Waals surface area (Å²) in [5.74, 6) is 0. The fourth-order valence-electron chi connectivity index (χ4n) is 2.53. The Kier molecular flexibility index (Phi) is 5.22. The van der Waals surface area contributed by atoms with Crippen molar-refractivity contribution in [2.45, 2.75) is 53.0 Å². The van der Waals surface area contributed by atoms with E-state index >= 15 is 0 Å². The van der Waals surface area contributed by atoms with E-state index in [1.54, 1.807) is 11.3 Å². The maximum atomic E-state index is 4.78. The van der Waals surface area contributed by atoms with Crippen molar-refractivity contribution in [3.8, 4) is 0 Å². The van der Waals surface area contributed by atoms with Gasteiger partial charge in [0.05, 0.1) is 5.69 Å². The van der Waals surface area contributed by atoms with E-state index in [0.29, 0.717) is 5.41 Å². The summed E-state index contributed by atoms with van der Waals surface area (Å²) in [5.41, 5.74) is 1.69. The number of nitrogens with one attached hydrogen (secondary N) is 1. The second kappa shape index (κ2) is 6.71. The molecule has 3 nitrogen and oxygen atoms in total. The van der Waals surface area contributed by atoms with Gasteiger partial charge in [-0.15, -0.1) is 11.3 Å². The van der Waals surface area contributed by atoms with Gasteiger partial charge in [0.1, 0.15) is 0 Å². The Morgan fingerprint density at radius 1 is 1.37 bits per heavy atom. The van der Waals surface area contributed by atoms with Gasteiger partial charge in [0.15, 0.2) is 5.13 Å². The summed E-state index contributed by atoms with van der Waals surface area (Å²) >= 11 is 1.80. The fraction of sp³-hybridized carbons (Fsp3) is 0.800. The highest BCUT2D eigenvalue weighted by atomic mass is 32.1. The summed E-state index contributed by atoms with van der Waals surface area (Å²) in [4.78, 5) is 7.25. The SMILES string of the molecule is CCCNCc1csc(N2CCCC(C)(C)CC2)n1. The molecule has 19 heavy (non-hydrogen) atoms. The summed E-state index contributed by atoms with van der Waals surface area (Å²) < 4.78 is 0. The quantitative estimate of drug-likeness (QED) is 0.835. The van der Waals surface area contributed by atoms with Gasteiger partial charge < -0.3 is 10.2 Å². The third-order valence-corrected chi connectivity index (χ3v) is 4.83. The summed E-state index contributed by atoms with van der Waals surface area (Å²) in [6, 6.07) is 0. The van der Waals surface area contributed by atoms with Gasteiger partial charge in [0, 0.05) is 25.0 Å². The first kappa shape index (κ1) is 14.8. The Labute approximate surface area is 121 Å². The molecule has 0 aliphatic carbocycles. The van der Waals surface area contributed by atoms with Crippen LogP contribution in [0.15, 0.2) is 5.38 Å². The molecule has 0 spiro atoms. The monoisotopic (exact) mass is 281 g/mol. The summed E-state index contributed by atoms with van der Waals surface area (Å²) in [7, 11) is 0. The molecule has 0 unspecified atom stereocenters. The molecule has 0 radical (unpaired) electrons. The van der Waals surface area contributed by atoms with Crippen LogP contribution in [0.1, 0.15) is 52.1 Å². The molecule has 1 N–H and O–H groups in total. The Morgan fingerprint density at radius 2 is 2.21 bits per heavy atom. The second-order valence-corrected chi connectivity index (χ2v) is 7.14. The standard InChI is InChI=1S/C15H27N3S/c1-4-8-16-11-13-12-19-14(17-13)18-9-5-6-15(2,3)7-10-18/h12,16H,4-11H2,1-3H3. The van der Waals surface area contributed by atoms with E-state index in [4.69, 9.17) is 4.98 Å². The molecule has 1 fully saturated rings. The first-order valence-electron chi connectivity index (χ1n) is 7.51. The average molecular weight is 281 g/mol.